The molecule has 0 bridgehead atoms. The molecule has 12 nitrogen and oxygen atoms in total. The van der Waals surface area contributed by atoms with E-state index in [0.717, 1.165) is 40.4 Å². The molecule has 0 radical (unpaired) electrons. The predicted octanol–water partition coefficient (Wildman–Crippen LogP) is 8.62. The molecule has 17 heteroatoms. The fourth-order valence-electron chi connectivity index (χ4n) is 4.51. The molecule has 6 aromatic rings. The Kier molecular flexibility index (Phi) is 12.6. The summed E-state index contributed by atoms with van der Waals surface area (Å²) in [5, 5.41) is 31.0. The van der Waals surface area contributed by atoms with E-state index in [-0.39, 0.29) is 29.1 Å². The molecular formula is C33H32Cl2F3N9O3. The number of amides is 3. The van der Waals surface area contributed by atoms with Gasteiger partial charge in [0.2, 0.25) is 17.7 Å². The molecule has 0 unspecified atom stereocenters. The molecule has 0 atom stereocenters. The van der Waals surface area contributed by atoms with Gasteiger partial charge in [-0.1, -0.05) is 49.7 Å². The molecule has 0 saturated heterocycles. The number of carbonyl (C=O) groups excluding carboxylic acids is 3. The lowest BCUT2D eigenvalue weighted by Crippen LogP contribution is -2.11. The first-order chi connectivity index (χ1) is 23.8. The lowest BCUT2D eigenvalue weighted by Gasteiger charge is -2.06. The first-order valence-electron chi connectivity index (χ1n) is 15.2. The summed E-state index contributed by atoms with van der Waals surface area (Å²) in [6.07, 6.45) is -0.885. The highest BCUT2D eigenvalue weighted by Crippen LogP contribution is 2.32. The van der Waals surface area contributed by atoms with Gasteiger partial charge in [0, 0.05) is 28.6 Å². The zero-order valence-corrected chi connectivity index (χ0v) is 28.3. The van der Waals surface area contributed by atoms with E-state index >= 15 is 0 Å². The average molecular weight is 731 g/mol. The second kappa shape index (κ2) is 16.8. The Labute approximate surface area is 293 Å². The Morgan fingerprint density at radius 2 is 1.30 bits per heavy atom. The van der Waals surface area contributed by atoms with Crippen LogP contribution in [0.25, 0.3) is 32.7 Å². The van der Waals surface area contributed by atoms with Crippen molar-refractivity contribution in [3.05, 3.63) is 82.9 Å². The molecule has 3 aromatic carbocycles. The highest BCUT2D eigenvalue weighted by atomic mass is 35.5. The van der Waals surface area contributed by atoms with Gasteiger partial charge in [0.1, 0.15) is 0 Å². The molecule has 3 amide bonds. The number of H-pyrrole nitrogens is 3. The fourth-order valence-corrected chi connectivity index (χ4v) is 4.95. The van der Waals surface area contributed by atoms with Crippen molar-refractivity contribution in [2.45, 2.75) is 45.7 Å². The largest absolute Gasteiger partial charge is 0.416 e. The summed E-state index contributed by atoms with van der Waals surface area (Å²) < 4.78 is 37.6. The van der Waals surface area contributed by atoms with Crippen LogP contribution in [0.3, 0.4) is 0 Å². The molecule has 50 heavy (non-hydrogen) atoms. The first kappa shape index (κ1) is 37.4. The molecule has 3 aromatic heterocycles. The van der Waals surface area contributed by atoms with Crippen molar-refractivity contribution in [1.29, 1.82) is 0 Å². The van der Waals surface area contributed by atoms with Crippen molar-refractivity contribution in [3.8, 4) is 0 Å². The van der Waals surface area contributed by atoms with Crippen LogP contribution in [-0.2, 0) is 20.6 Å². The number of rotatable bonds is 8. The minimum atomic E-state index is -4.40. The minimum Gasteiger partial charge on any atom is -0.309 e. The standard InChI is InChI=1S/C12H12F3N3O.C11H12ClN3O.C10H8ClN3O/c1-2-3-10(19)16-11-8-5-4-7(12(13,14)15)6-9(8)17-18-11;1-2-4-9(16)13-11-10-7(12)5-3-6-8(10)14-15-11;1-2-9(15)12-10-7-4-3-6(11)5-8(7)13-14-10/h4-6H,2-3H2,1H3,(H2,16,17,18,19);3,5-6H,2,4H2,1H3,(H2,13,14,15,16);2-5H,1H2,(H2,12,13,14,15). The number of anilines is 3. The van der Waals surface area contributed by atoms with Crippen LogP contribution in [0.15, 0.2) is 67.3 Å². The fraction of sp³-hybridized carbons (Fsp3) is 0.212. The number of hydrogen-bond acceptors (Lipinski definition) is 6. The van der Waals surface area contributed by atoms with Crippen LogP contribution in [-0.4, -0.2) is 48.3 Å². The summed E-state index contributed by atoms with van der Waals surface area (Å²) in [6, 6.07) is 14.0. The third-order valence-corrected chi connectivity index (χ3v) is 7.40. The number of aromatic amines is 3. The van der Waals surface area contributed by atoms with Crippen molar-refractivity contribution in [3.63, 3.8) is 0 Å². The third-order valence-electron chi connectivity index (χ3n) is 6.85. The van der Waals surface area contributed by atoms with Gasteiger partial charge >= 0.3 is 6.18 Å². The lowest BCUT2D eigenvalue weighted by molar-refractivity contribution is -0.137. The highest BCUT2D eigenvalue weighted by molar-refractivity contribution is 6.36. The van der Waals surface area contributed by atoms with E-state index < -0.39 is 11.7 Å². The van der Waals surface area contributed by atoms with Crippen LogP contribution < -0.4 is 16.0 Å². The summed E-state index contributed by atoms with van der Waals surface area (Å²) in [6.45, 7) is 7.18. The van der Waals surface area contributed by atoms with Crippen LogP contribution in [0.2, 0.25) is 10.0 Å². The number of nitrogens with one attached hydrogen (secondary N) is 6. The lowest BCUT2D eigenvalue weighted by atomic mass is 10.1. The van der Waals surface area contributed by atoms with Crippen LogP contribution in [0.1, 0.15) is 45.1 Å². The van der Waals surface area contributed by atoms with E-state index in [0.29, 0.717) is 46.3 Å². The Morgan fingerprint density at radius 1 is 0.760 bits per heavy atom. The maximum absolute atomic E-state index is 12.5. The molecule has 0 fully saturated rings. The van der Waals surface area contributed by atoms with Crippen LogP contribution >= 0.6 is 23.2 Å². The predicted molar refractivity (Wildman–Crippen MR) is 189 cm³/mol. The van der Waals surface area contributed by atoms with Crippen molar-refractivity contribution in [2.24, 2.45) is 0 Å². The summed E-state index contributed by atoms with van der Waals surface area (Å²) in [4.78, 5) is 34.0. The van der Waals surface area contributed by atoms with E-state index in [9.17, 15) is 27.6 Å². The topological polar surface area (TPSA) is 173 Å². The Balaban J connectivity index is 0.000000170. The molecule has 262 valence electrons. The van der Waals surface area contributed by atoms with E-state index in [1.165, 1.54) is 12.1 Å². The van der Waals surface area contributed by atoms with E-state index in [2.05, 4.69) is 53.1 Å². The van der Waals surface area contributed by atoms with Crippen molar-refractivity contribution >= 4 is 91.1 Å². The van der Waals surface area contributed by atoms with Gasteiger partial charge in [-0.05, 0) is 67.4 Å². The van der Waals surface area contributed by atoms with E-state index in [4.69, 9.17) is 23.2 Å². The number of carbonyl (C=O) groups is 3. The molecule has 6 rings (SSSR count). The number of hydrogen-bond donors (Lipinski definition) is 6. The summed E-state index contributed by atoms with van der Waals surface area (Å²) in [7, 11) is 0. The summed E-state index contributed by atoms with van der Waals surface area (Å²) in [5.41, 5.74) is 1.08. The number of fused-ring (bicyclic) bond motifs is 3. The SMILES string of the molecule is C=CC(=O)Nc1n[nH]c2cc(Cl)ccc12.CCCC(=O)Nc1n[nH]c2cc(C(F)(F)F)ccc12.CCCC(=O)Nc1n[nH]c2cccc(Cl)c12. The second-order valence-electron chi connectivity index (χ2n) is 10.6. The van der Waals surface area contributed by atoms with Crippen LogP contribution in [0.4, 0.5) is 30.6 Å². The minimum absolute atomic E-state index is 0.0455. The third kappa shape index (κ3) is 9.60. The molecule has 0 aliphatic heterocycles. The van der Waals surface area contributed by atoms with Crippen LogP contribution in [0, 0.1) is 0 Å². The number of halogens is 5. The molecular weight excluding hydrogens is 698 g/mol. The Hall–Kier alpha value is -5.41. The van der Waals surface area contributed by atoms with Crippen LogP contribution in [0.5, 0.6) is 0 Å². The number of benzene rings is 3. The van der Waals surface area contributed by atoms with E-state index in [1.54, 1.807) is 24.3 Å². The van der Waals surface area contributed by atoms with Gasteiger partial charge in [-0.15, -0.1) is 0 Å². The zero-order valence-electron chi connectivity index (χ0n) is 26.8. The first-order valence-corrected chi connectivity index (χ1v) is 15.9. The number of nitrogens with zero attached hydrogens (tertiary/aromatic N) is 3. The second-order valence-corrected chi connectivity index (χ2v) is 11.5. The van der Waals surface area contributed by atoms with Gasteiger partial charge in [0.05, 0.1) is 32.5 Å². The molecule has 0 aliphatic carbocycles. The van der Waals surface area contributed by atoms with Gasteiger partial charge < -0.3 is 16.0 Å². The van der Waals surface area contributed by atoms with Crippen molar-refractivity contribution < 1.29 is 27.6 Å². The van der Waals surface area contributed by atoms with Gasteiger partial charge in [0.15, 0.2) is 17.5 Å². The molecule has 0 spiro atoms. The summed E-state index contributed by atoms with van der Waals surface area (Å²) >= 11 is 11.9. The number of alkyl halides is 3. The molecule has 3 heterocycles. The normalized spacial score (nSPS) is 10.9. The maximum Gasteiger partial charge on any atom is 0.416 e. The van der Waals surface area contributed by atoms with E-state index in [1.807, 2.05) is 26.0 Å². The monoisotopic (exact) mass is 729 g/mol. The smallest absolute Gasteiger partial charge is 0.309 e. The zero-order chi connectivity index (χ0) is 36.4. The average Bonchev–Trinajstić information content (AvgIpc) is 3.79. The molecule has 0 aliphatic rings. The molecule has 6 N–H and O–H groups in total. The van der Waals surface area contributed by atoms with Gasteiger partial charge in [-0.25, -0.2) is 0 Å². The Morgan fingerprint density at radius 3 is 1.90 bits per heavy atom. The van der Waals surface area contributed by atoms with Crippen molar-refractivity contribution in [1.82, 2.24) is 30.6 Å². The van der Waals surface area contributed by atoms with Gasteiger partial charge in [0.25, 0.3) is 0 Å². The summed E-state index contributed by atoms with van der Waals surface area (Å²) in [5.74, 6) is 0.678. The van der Waals surface area contributed by atoms with Crippen molar-refractivity contribution in [2.75, 3.05) is 16.0 Å². The maximum atomic E-state index is 12.5. The van der Waals surface area contributed by atoms with Gasteiger partial charge in [-0.2, -0.15) is 28.5 Å². The quantitative estimate of drug-likeness (QED) is 0.0856. The highest BCUT2D eigenvalue weighted by Gasteiger charge is 2.31. The Bertz CT molecular complexity index is 2140. The molecule has 0 saturated carbocycles. The van der Waals surface area contributed by atoms with Gasteiger partial charge in [-0.3, -0.25) is 29.7 Å². The number of aromatic nitrogens is 6.